The summed E-state index contributed by atoms with van der Waals surface area (Å²) < 4.78 is 5.45. The summed E-state index contributed by atoms with van der Waals surface area (Å²) in [6.45, 7) is 0. The summed E-state index contributed by atoms with van der Waals surface area (Å²) in [6.07, 6.45) is 9.86. The first kappa shape index (κ1) is 18.0. The maximum atomic E-state index is 11.6. The summed E-state index contributed by atoms with van der Waals surface area (Å²) in [5.41, 5.74) is 5.22. The molecular weight excluding hydrogens is 338 g/mol. The summed E-state index contributed by atoms with van der Waals surface area (Å²) in [6, 6.07) is 10.1. The third-order valence-electron chi connectivity index (χ3n) is 5.95. The number of benzene rings is 1. The van der Waals surface area contributed by atoms with Crippen LogP contribution in [0.3, 0.4) is 0 Å². The molecule has 0 saturated heterocycles. The molecule has 2 aliphatic carbocycles. The van der Waals surface area contributed by atoms with Crippen molar-refractivity contribution in [2.45, 2.75) is 70.1 Å². The zero-order valence-corrected chi connectivity index (χ0v) is 15.7. The van der Waals surface area contributed by atoms with Gasteiger partial charge >= 0.3 is 6.16 Å². The van der Waals surface area contributed by atoms with Crippen molar-refractivity contribution in [3.63, 3.8) is 0 Å². The highest BCUT2D eigenvalue weighted by Gasteiger charge is 2.29. The molecule has 4 nitrogen and oxygen atoms in total. The molecule has 1 aromatic heterocycles. The van der Waals surface area contributed by atoms with Crippen LogP contribution in [0, 0.1) is 0 Å². The molecule has 1 saturated carbocycles. The molecule has 0 unspecified atom stereocenters. The quantitative estimate of drug-likeness (QED) is 0.525. The van der Waals surface area contributed by atoms with Crippen LogP contribution >= 0.6 is 0 Å². The second-order valence-corrected chi connectivity index (χ2v) is 7.76. The molecule has 4 rings (SSSR count). The Balaban J connectivity index is 1.95. The van der Waals surface area contributed by atoms with E-state index in [1.54, 1.807) is 0 Å². The third kappa shape index (κ3) is 3.85. The van der Waals surface area contributed by atoms with Crippen LogP contribution in [0.5, 0.6) is 5.75 Å². The molecule has 1 fully saturated rings. The lowest BCUT2D eigenvalue weighted by Crippen LogP contribution is -2.16. The fourth-order valence-electron chi connectivity index (χ4n) is 4.67. The molecule has 1 aromatic carbocycles. The fraction of sp³-hybridized carbons (Fsp3) is 0.478. The Bertz CT molecular complexity index is 810. The lowest BCUT2D eigenvalue weighted by atomic mass is 9.83. The second-order valence-electron chi connectivity index (χ2n) is 7.76. The monoisotopic (exact) mass is 365 g/mol. The van der Waals surface area contributed by atoms with Gasteiger partial charge in [0.25, 0.3) is 0 Å². The molecule has 2 aliphatic rings. The summed E-state index contributed by atoms with van der Waals surface area (Å²) in [5, 5.41) is 9.47. The predicted octanol–water partition coefficient (Wildman–Crippen LogP) is 6.12. The van der Waals surface area contributed by atoms with Crippen molar-refractivity contribution < 1.29 is 14.6 Å². The number of hydrogen-bond acceptors (Lipinski definition) is 3. The van der Waals surface area contributed by atoms with Crippen molar-refractivity contribution in [2.24, 2.45) is 0 Å². The van der Waals surface area contributed by atoms with Crippen LogP contribution in [0.4, 0.5) is 4.79 Å². The minimum Gasteiger partial charge on any atom is -0.449 e. The Morgan fingerprint density at radius 1 is 0.963 bits per heavy atom. The number of pyridine rings is 1. The van der Waals surface area contributed by atoms with E-state index in [4.69, 9.17) is 9.72 Å². The first-order valence-electron chi connectivity index (χ1n) is 10.3. The van der Waals surface area contributed by atoms with Crippen molar-refractivity contribution >= 4 is 6.16 Å². The van der Waals surface area contributed by atoms with Gasteiger partial charge in [-0.15, -0.1) is 0 Å². The number of carboxylic acid groups (broad SMARTS) is 1. The van der Waals surface area contributed by atoms with Gasteiger partial charge in [-0.2, -0.15) is 0 Å². The van der Waals surface area contributed by atoms with Crippen LogP contribution < -0.4 is 4.74 Å². The van der Waals surface area contributed by atoms with Crippen molar-refractivity contribution in [1.82, 2.24) is 4.98 Å². The summed E-state index contributed by atoms with van der Waals surface area (Å²) in [5.74, 6) is 0.783. The Labute approximate surface area is 160 Å². The molecule has 0 atom stereocenters. The summed E-state index contributed by atoms with van der Waals surface area (Å²) >= 11 is 0. The highest BCUT2D eigenvalue weighted by atomic mass is 16.7. The van der Waals surface area contributed by atoms with Crippen molar-refractivity contribution in [3.8, 4) is 16.9 Å². The Morgan fingerprint density at radius 3 is 2.41 bits per heavy atom. The first-order chi connectivity index (χ1) is 13.2. The van der Waals surface area contributed by atoms with Crippen LogP contribution in [-0.4, -0.2) is 16.2 Å². The van der Waals surface area contributed by atoms with E-state index in [9.17, 15) is 9.90 Å². The van der Waals surface area contributed by atoms with E-state index in [1.807, 2.05) is 18.2 Å². The van der Waals surface area contributed by atoms with E-state index in [0.29, 0.717) is 11.7 Å². The number of rotatable bonds is 3. The van der Waals surface area contributed by atoms with Crippen molar-refractivity contribution in [3.05, 3.63) is 47.3 Å². The van der Waals surface area contributed by atoms with E-state index in [1.165, 1.54) is 31.2 Å². The lowest BCUT2D eigenvalue weighted by Gasteiger charge is -2.26. The molecule has 0 aliphatic heterocycles. The number of aromatic nitrogens is 1. The van der Waals surface area contributed by atoms with Crippen LogP contribution in [-0.2, 0) is 12.8 Å². The molecule has 1 N–H and O–H groups in total. The van der Waals surface area contributed by atoms with Crippen LogP contribution in [0.1, 0.15) is 74.2 Å². The molecule has 2 aromatic rings. The molecule has 4 heteroatoms. The number of carbonyl (C=O) groups is 1. The molecule has 1 heterocycles. The van der Waals surface area contributed by atoms with Gasteiger partial charge in [-0.1, -0.05) is 56.0 Å². The molecular formula is C23H27NO3. The van der Waals surface area contributed by atoms with Gasteiger partial charge in [0.2, 0.25) is 0 Å². The molecule has 0 bridgehead atoms. The van der Waals surface area contributed by atoms with Crippen molar-refractivity contribution in [1.29, 1.82) is 0 Å². The SMILES string of the molecule is O=C(O)Oc1c(C2CCCCC2)nc2c(c1-c1ccccc1)CCCCC2. The maximum Gasteiger partial charge on any atom is 0.511 e. The van der Waals surface area contributed by atoms with Gasteiger partial charge in [0.05, 0.1) is 5.69 Å². The van der Waals surface area contributed by atoms with E-state index >= 15 is 0 Å². The van der Waals surface area contributed by atoms with E-state index in [2.05, 4.69) is 12.1 Å². The molecule has 142 valence electrons. The molecule has 0 amide bonds. The minimum absolute atomic E-state index is 0.295. The lowest BCUT2D eigenvalue weighted by molar-refractivity contribution is 0.143. The van der Waals surface area contributed by atoms with E-state index in [0.717, 1.165) is 61.0 Å². The number of fused-ring (bicyclic) bond motifs is 1. The number of aryl methyl sites for hydroxylation is 1. The average Bonchev–Trinajstić information content (AvgIpc) is 2.93. The van der Waals surface area contributed by atoms with Crippen LogP contribution in [0.25, 0.3) is 11.1 Å². The minimum atomic E-state index is -1.25. The normalized spacial score (nSPS) is 17.8. The highest BCUT2D eigenvalue weighted by molar-refractivity contribution is 5.79. The maximum absolute atomic E-state index is 11.6. The highest BCUT2D eigenvalue weighted by Crippen LogP contribution is 2.45. The van der Waals surface area contributed by atoms with E-state index < -0.39 is 6.16 Å². The molecule has 0 spiro atoms. The number of ether oxygens (including phenoxy) is 1. The van der Waals surface area contributed by atoms with Gasteiger partial charge in [-0.25, -0.2) is 4.79 Å². The Hall–Kier alpha value is -2.36. The topological polar surface area (TPSA) is 59.4 Å². The summed E-state index contributed by atoms with van der Waals surface area (Å²) in [7, 11) is 0. The standard InChI is InChI=1S/C23H27NO3/c25-23(26)27-22-20(16-10-4-1-5-11-16)18-14-8-3-9-15-19(18)24-21(22)17-12-6-2-7-13-17/h1,4-5,10-11,17H,2-3,6-9,12-15H2,(H,25,26). The Kier molecular flexibility index (Phi) is 5.42. The average molecular weight is 365 g/mol. The van der Waals surface area contributed by atoms with Gasteiger partial charge in [-0.3, -0.25) is 4.98 Å². The Morgan fingerprint density at radius 2 is 1.67 bits per heavy atom. The van der Waals surface area contributed by atoms with Crippen LogP contribution in [0.15, 0.2) is 30.3 Å². The van der Waals surface area contributed by atoms with Gasteiger partial charge in [0.1, 0.15) is 0 Å². The van der Waals surface area contributed by atoms with Gasteiger partial charge in [-0.05, 0) is 49.7 Å². The largest absolute Gasteiger partial charge is 0.511 e. The third-order valence-corrected chi connectivity index (χ3v) is 5.95. The number of nitrogens with zero attached hydrogens (tertiary/aromatic N) is 1. The molecule has 0 radical (unpaired) electrons. The smallest absolute Gasteiger partial charge is 0.449 e. The zero-order valence-electron chi connectivity index (χ0n) is 15.7. The number of hydrogen-bond donors (Lipinski definition) is 1. The van der Waals surface area contributed by atoms with Crippen molar-refractivity contribution in [2.75, 3.05) is 0 Å². The van der Waals surface area contributed by atoms with Gasteiger partial charge in [0, 0.05) is 17.2 Å². The van der Waals surface area contributed by atoms with Gasteiger partial charge < -0.3 is 9.84 Å². The summed E-state index contributed by atoms with van der Waals surface area (Å²) in [4.78, 5) is 16.6. The first-order valence-corrected chi connectivity index (χ1v) is 10.3. The predicted molar refractivity (Wildman–Crippen MR) is 105 cm³/mol. The molecule has 27 heavy (non-hydrogen) atoms. The second kappa shape index (κ2) is 8.12. The zero-order chi connectivity index (χ0) is 18.6. The fourth-order valence-corrected chi connectivity index (χ4v) is 4.67. The van der Waals surface area contributed by atoms with Gasteiger partial charge in [0.15, 0.2) is 5.75 Å². The van der Waals surface area contributed by atoms with Crippen LogP contribution in [0.2, 0.25) is 0 Å². The van der Waals surface area contributed by atoms with E-state index in [-0.39, 0.29) is 0 Å².